The van der Waals surface area contributed by atoms with Gasteiger partial charge >= 0.3 is 5.97 Å². The quantitative estimate of drug-likeness (QED) is 0.143. The van der Waals surface area contributed by atoms with Crippen LogP contribution in [0.25, 0.3) is 0 Å². The van der Waals surface area contributed by atoms with Crippen LogP contribution in [0, 0.1) is 11.8 Å². The number of aliphatic hydroxyl groups is 1. The summed E-state index contributed by atoms with van der Waals surface area (Å²) in [4.78, 5) is 13.8. The Kier molecular flexibility index (Phi) is 7.40. The Morgan fingerprint density at radius 2 is 1.40 bits per heavy atom. The van der Waals surface area contributed by atoms with Crippen molar-refractivity contribution in [3.63, 3.8) is 0 Å². The smallest absolute Gasteiger partial charge is 0.310 e. The Bertz CT molecular complexity index is 2020. The van der Waals surface area contributed by atoms with Gasteiger partial charge in [-0.25, -0.2) is 0 Å². The largest absolute Gasteiger partial charge is 0.507 e. The van der Waals surface area contributed by atoms with Gasteiger partial charge in [-0.3, -0.25) is 4.79 Å². The number of aliphatic hydroxyl groups excluding tert-OH is 1. The number of aromatic hydroxyl groups is 4. The Balaban J connectivity index is 1.35. The summed E-state index contributed by atoms with van der Waals surface area (Å²) < 4.78 is 40.8. The summed E-state index contributed by atoms with van der Waals surface area (Å²) in [7, 11) is 4.53. The molecule has 0 bridgehead atoms. The van der Waals surface area contributed by atoms with Crippen LogP contribution in [0.5, 0.6) is 57.5 Å². The monoisotopic (exact) mass is 686 g/mol. The predicted molar refractivity (Wildman–Crippen MR) is 173 cm³/mol. The first-order valence-electron chi connectivity index (χ1n) is 16.0. The molecule has 1 saturated heterocycles. The van der Waals surface area contributed by atoms with Crippen molar-refractivity contribution in [3.05, 3.63) is 81.9 Å². The molecule has 13 nitrogen and oxygen atoms in total. The summed E-state index contributed by atoms with van der Waals surface area (Å²) in [5.41, 5.74) is 3.00. The van der Waals surface area contributed by atoms with Crippen molar-refractivity contribution >= 4 is 5.97 Å². The van der Waals surface area contributed by atoms with Crippen molar-refractivity contribution in [2.24, 2.45) is 11.8 Å². The Hall–Kier alpha value is -5.69. The van der Waals surface area contributed by atoms with Crippen molar-refractivity contribution < 1.29 is 63.5 Å². The molecule has 8 rings (SSSR count). The van der Waals surface area contributed by atoms with Crippen LogP contribution in [-0.4, -0.2) is 72.3 Å². The molecule has 260 valence electrons. The number of carbonyl (C=O) groups excluding carboxylic acids is 1. The molecule has 4 aliphatic rings. The van der Waals surface area contributed by atoms with E-state index in [2.05, 4.69) is 0 Å². The van der Waals surface area contributed by atoms with E-state index < -0.39 is 47.6 Å². The molecule has 50 heavy (non-hydrogen) atoms. The van der Waals surface area contributed by atoms with E-state index in [4.69, 9.17) is 33.2 Å². The van der Waals surface area contributed by atoms with E-state index in [0.29, 0.717) is 51.0 Å². The highest BCUT2D eigenvalue weighted by Gasteiger charge is 2.54. The highest BCUT2D eigenvalue weighted by Crippen LogP contribution is 2.61. The van der Waals surface area contributed by atoms with Gasteiger partial charge in [-0.2, -0.15) is 0 Å². The van der Waals surface area contributed by atoms with Gasteiger partial charge in [0.2, 0.25) is 12.5 Å². The average Bonchev–Trinajstić information content (AvgIpc) is 3.73. The van der Waals surface area contributed by atoms with Crippen molar-refractivity contribution in [3.8, 4) is 57.5 Å². The fourth-order valence-electron chi connectivity index (χ4n) is 8.06. The van der Waals surface area contributed by atoms with E-state index in [1.165, 1.54) is 45.6 Å². The molecule has 0 amide bonds. The predicted octanol–water partition coefficient (Wildman–Crippen LogP) is 4.37. The summed E-state index contributed by atoms with van der Waals surface area (Å²) >= 11 is 0. The summed E-state index contributed by atoms with van der Waals surface area (Å²) in [6, 6.07) is 12.5. The van der Waals surface area contributed by atoms with Crippen molar-refractivity contribution in [1.82, 2.24) is 0 Å². The number of phenols is 4. The number of cyclic esters (lactones) is 1. The van der Waals surface area contributed by atoms with Crippen LogP contribution in [-0.2, 0) is 16.0 Å². The fraction of sp³-hybridized carbons (Fsp3) is 0.324. The number of fused-ring (bicyclic) bond motifs is 4. The number of esters is 1. The second-order valence-corrected chi connectivity index (χ2v) is 12.8. The molecular formula is C37H34O13. The van der Waals surface area contributed by atoms with Crippen LogP contribution in [0.2, 0.25) is 0 Å². The highest BCUT2D eigenvalue weighted by atomic mass is 16.7. The van der Waals surface area contributed by atoms with Crippen molar-refractivity contribution in [2.75, 3.05) is 34.7 Å². The van der Waals surface area contributed by atoms with Crippen LogP contribution in [0.3, 0.4) is 0 Å². The molecular weight excluding hydrogens is 652 g/mol. The van der Waals surface area contributed by atoms with Gasteiger partial charge in [0.25, 0.3) is 0 Å². The number of methoxy groups -OCH3 is 3. The molecule has 0 radical (unpaired) electrons. The number of carbonyl (C=O) groups is 1. The third kappa shape index (κ3) is 4.67. The molecule has 6 atom stereocenters. The van der Waals surface area contributed by atoms with Gasteiger partial charge in [-0.1, -0.05) is 6.07 Å². The van der Waals surface area contributed by atoms with Crippen LogP contribution in [0.4, 0.5) is 0 Å². The summed E-state index contributed by atoms with van der Waals surface area (Å²) in [5.74, 6) is -2.11. The first-order valence-corrected chi connectivity index (χ1v) is 16.0. The fourth-order valence-corrected chi connectivity index (χ4v) is 8.06. The molecule has 1 aliphatic carbocycles. The molecule has 4 aromatic rings. The number of phenolic OH excluding ortho intramolecular Hbond substituents is 4. The van der Waals surface area contributed by atoms with E-state index >= 15 is 0 Å². The summed E-state index contributed by atoms with van der Waals surface area (Å²) in [6.07, 6.45) is -2.26. The lowest BCUT2D eigenvalue weighted by atomic mass is 9.61. The lowest BCUT2D eigenvalue weighted by molar-refractivity contribution is -0.141. The molecule has 3 heterocycles. The maximum Gasteiger partial charge on any atom is 0.310 e. The van der Waals surface area contributed by atoms with Gasteiger partial charge in [-0.05, 0) is 58.7 Å². The lowest BCUT2D eigenvalue weighted by Crippen LogP contribution is -2.36. The van der Waals surface area contributed by atoms with E-state index in [1.807, 2.05) is 12.1 Å². The highest BCUT2D eigenvalue weighted by molar-refractivity contribution is 5.80. The average molecular weight is 687 g/mol. The molecule has 4 aromatic carbocycles. The van der Waals surface area contributed by atoms with Gasteiger partial charge in [-0.15, -0.1) is 0 Å². The van der Waals surface area contributed by atoms with Crippen LogP contribution in [0.1, 0.15) is 51.3 Å². The standard InChI is InChI=1S/C37H34O13/c1-44-28-7-16(8-29(45-2)36(28)46-3)30-17-10-26-27(49-14-48-26)11-18(17)31(20-13-47-37(43)32(20)30)33-24(41)12-22(39)19-9-25(42)34(50-35(19)33)15-4-5-21(38)23(40)6-15/h4-8,10-12,20,25,30-32,34,38-42H,9,13-14H2,1-3H3/t20-,25+,30-,31-,32+,34-/m1/s1. The zero-order valence-electron chi connectivity index (χ0n) is 27.2. The molecule has 0 aromatic heterocycles. The first kappa shape index (κ1) is 31.6. The first-order chi connectivity index (χ1) is 24.1. The number of ether oxygens (including phenoxy) is 7. The zero-order chi connectivity index (χ0) is 35.0. The maximum atomic E-state index is 13.8. The Labute approximate surface area is 285 Å². The van der Waals surface area contributed by atoms with E-state index in [0.717, 1.165) is 0 Å². The van der Waals surface area contributed by atoms with Crippen LogP contribution in [0.15, 0.2) is 48.5 Å². The number of hydrogen-bond donors (Lipinski definition) is 5. The molecule has 0 spiro atoms. The van der Waals surface area contributed by atoms with E-state index in [1.54, 1.807) is 12.1 Å². The molecule has 1 fully saturated rings. The zero-order valence-corrected chi connectivity index (χ0v) is 27.2. The summed E-state index contributed by atoms with van der Waals surface area (Å²) in [5, 5.41) is 54.0. The van der Waals surface area contributed by atoms with Gasteiger partial charge < -0.3 is 58.7 Å². The van der Waals surface area contributed by atoms with Gasteiger partial charge in [0.05, 0.1) is 40.0 Å². The van der Waals surface area contributed by atoms with Crippen LogP contribution >= 0.6 is 0 Å². The number of benzene rings is 4. The van der Waals surface area contributed by atoms with Gasteiger partial charge in [0, 0.05) is 41.4 Å². The Morgan fingerprint density at radius 1 is 0.720 bits per heavy atom. The third-order valence-corrected chi connectivity index (χ3v) is 10.3. The number of rotatable bonds is 6. The molecule has 0 saturated carbocycles. The third-order valence-electron chi connectivity index (χ3n) is 10.3. The minimum Gasteiger partial charge on any atom is -0.507 e. The normalized spacial score (nSPS) is 24.4. The van der Waals surface area contributed by atoms with Gasteiger partial charge in [0.15, 0.2) is 34.5 Å². The van der Waals surface area contributed by atoms with Crippen molar-refractivity contribution in [1.29, 1.82) is 0 Å². The maximum absolute atomic E-state index is 13.8. The minimum atomic E-state index is -1.16. The van der Waals surface area contributed by atoms with Gasteiger partial charge in [0.1, 0.15) is 23.4 Å². The number of hydrogen-bond acceptors (Lipinski definition) is 13. The molecule has 0 unspecified atom stereocenters. The summed E-state index contributed by atoms with van der Waals surface area (Å²) in [6.45, 7) is 0.00457. The molecule has 5 N–H and O–H groups in total. The minimum absolute atomic E-state index is 0.00530. The SMILES string of the molecule is COc1cc([C@@H]2c3cc4c(cc3[C@@H](c3c(O)cc(O)c5c3O[C@H](c3ccc(O)c(O)c3)[C@@H](O)C5)[C@H]3COC(=O)[C@H]23)OCO4)cc(OC)c1OC. The molecule has 13 heteroatoms. The lowest BCUT2D eigenvalue weighted by Gasteiger charge is -2.41. The van der Waals surface area contributed by atoms with E-state index in [-0.39, 0.29) is 53.9 Å². The second kappa shape index (κ2) is 11.7. The second-order valence-electron chi connectivity index (χ2n) is 12.8. The Morgan fingerprint density at radius 3 is 2.04 bits per heavy atom. The van der Waals surface area contributed by atoms with E-state index in [9.17, 15) is 30.3 Å². The topological polar surface area (TPSA) is 183 Å². The van der Waals surface area contributed by atoms with Crippen molar-refractivity contribution in [2.45, 2.75) is 30.5 Å². The van der Waals surface area contributed by atoms with Crippen LogP contribution < -0.4 is 28.4 Å². The molecule has 3 aliphatic heterocycles.